The van der Waals surface area contributed by atoms with Crippen LogP contribution in [-0.2, 0) is 6.42 Å². The van der Waals surface area contributed by atoms with Gasteiger partial charge >= 0.3 is 0 Å². The maximum Gasteiger partial charge on any atom is 0.0522 e. The van der Waals surface area contributed by atoms with Crippen LogP contribution in [0.2, 0.25) is 0 Å². The average molecular weight is 274 g/mol. The molecular formula is C14H14N2S2. The number of nitrogens with two attached hydrogens (primary N) is 1. The molecule has 2 aromatic heterocycles. The number of hydrogen-bond acceptors (Lipinski definition) is 4. The lowest BCUT2D eigenvalue weighted by Gasteiger charge is -2.14. The van der Waals surface area contributed by atoms with Crippen molar-refractivity contribution in [1.29, 1.82) is 0 Å². The molecule has 3 N–H and O–H groups in total. The zero-order chi connectivity index (χ0) is 12.4. The molecule has 0 bridgehead atoms. The fraction of sp³-hybridized carbons (Fsp3) is 0.143. The van der Waals surface area contributed by atoms with Gasteiger partial charge in [-0.05, 0) is 33.8 Å². The Labute approximate surface area is 114 Å². The minimum Gasteiger partial charge on any atom is -0.271 e. The first-order chi connectivity index (χ1) is 8.88. The lowest BCUT2D eigenvalue weighted by Crippen LogP contribution is -2.29. The van der Waals surface area contributed by atoms with Gasteiger partial charge < -0.3 is 0 Å². The number of hydrazine groups is 1. The number of nitrogens with one attached hydrogen (secondary N) is 1. The summed E-state index contributed by atoms with van der Waals surface area (Å²) >= 11 is 3.56. The molecule has 0 fully saturated rings. The summed E-state index contributed by atoms with van der Waals surface area (Å²) in [4.78, 5) is 1.35. The molecule has 1 atom stereocenters. The summed E-state index contributed by atoms with van der Waals surface area (Å²) in [6, 6.07) is 12.9. The molecule has 0 aliphatic rings. The monoisotopic (exact) mass is 274 g/mol. The van der Waals surface area contributed by atoms with Crippen molar-refractivity contribution in [1.82, 2.24) is 5.43 Å². The maximum atomic E-state index is 5.73. The second-order valence-electron chi connectivity index (χ2n) is 4.19. The third-order valence-electron chi connectivity index (χ3n) is 3.07. The third kappa shape index (κ3) is 2.20. The Bertz CT molecular complexity index is 628. The molecule has 2 heterocycles. The van der Waals surface area contributed by atoms with Crippen molar-refractivity contribution >= 4 is 32.8 Å². The molecule has 0 amide bonds. The van der Waals surface area contributed by atoms with Crippen LogP contribution in [0.1, 0.15) is 16.5 Å². The van der Waals surface area contributed by atoms with Gasteiger partial charge in [0.2, 0.25) is 0 Å². The first-order valence-corrected chi connectivity index (χ1v) is 7.59. The topological polar surface area (TPSA) is 38.0 Å². The Hall–Kier alpha value is -1.20. The largest absolute Gasteiger partial charge is 0.271 e. The highest BCUT2D eigenvalue weighted by atomic mass is 32.1. The van der Waals surface area contributed by atoms with Crippen molar-refractivity contribution in [2.24, 2.45) is 5.84 Å². The Kier molecular flexibility index (Phi) is 3.43. The van der Waals surface area contributed by atoms with Crippen LogP contribution in [-0.4, -0.2) is 0 Å². The first-order valence-electron chi connectivity index (χ1n) is 5.83. The zero-order valence-electron chi connectivity index (χ0n) is 9.80. The van der Waals surface area contributed by atoms with E-state index in [1.165, 1.54) is 20.5 Å². The van der Waals surface area contributed by atoms with Crippen LogP contribution >= 0.6 is 22.7 Å². The second kappa shape index (κ2) is 5.20. The SMILES string of the molecule is NNC(Cc1cccs1)c1csc2ccccc12. The van der Waals surface area contributed by atoms with Gasteiger partial charge in [-0.1, -0.05) is 24.3 Å². The normalized spacial score (nSPS) is 12.9. The molecule has 0 aliphatic carbocycles. The lowest BCUT2D eigenvalue weighted by atomic mass is 10.0. The van der Waals surface area contributed by atoms with E-state index in [2.05, 4.69) is 52.6 Å². The fourth-order valence-corrected chi connectivity index (χ4v) is 3.92. The van der Waals surface area contributed by atoms with Crippen LogP contribution in [0, 0.1) is 0 Å². The van der Waals surface area contributed by atoms with Crippen LogP contribution in [0.5, 0.6) is 0 Å². The molecule has 0 saturated carbocycles. The fourth-order valence-electron chi connectivity index (χ4n) is 2.16. The van der Waals surface area contributed by atoms with Crippen molar-refractivity contribution in [3.63, 3.8) is 0 Å². The molecule has 1 aromatic carbocycles. The molecule has 92 valence electrons. The highest BCUT2D eigenvalue weighted by Crippen LogP contribution is 2.32. The standard InChI is InChI=1S/C14H14N2S2/c15-16-13(8-10-4-3-7-17-10)12-9-18-14-6-2-1-5-11(12)14/h1-7,9,13,16H,8,15H2. The number of hydrogen-bond donors (Lipinski definition) is 2. The van der Waals surface area contributed by atoms with Crippen molar-refractivity contribution < 1.29 is 0 Å². The van der Waals surface area contributed by atoms with E-state index >= 15 is 0 Å². The number of benzene rings is 1. The van der Waals surface area contributed by atoms with Gasteiger partial charge in [0.15, 0.2) is 0 Å². The van der Waals surface area contributed by atoms with Crippen LogP contribution in [0.15, 0.2) is 47.2 Å². The number of rotatable bonds is 4. The van der Waals surface area contributed by atoms with Crippen LogP contribution in [0.3, 0.4) is 0 Å². The number of fused-ring (bicyclic) bond motifs is 1. The van der Waals surface area contributed by atoms with Gasteiger partial charge in [0, 0.05) is 16.0 Å². The van der Waals surface area contributed by atoms with E-state index in [1.54, 1.807) is 22.7 Å². The second-order valence-corrected chi connectivity index (χ2v) is 6.13. The van der Waals surface area contributed by atoms with E-state index in [4.69, 9.17) is 5.84 Å². The molecule has 0 radical (unpaired) electrons. The minimum absolute atomic E-state index is 0.180. The van der Waals surface area contributed by atoms with E-state index in [0.717, 1.165) is 6.42 Å². The quantitative estimate of drug-likeness (QED) is 0.562. The third-order valence-corrected chi connectivity index (χ3v) is 4.95. The van der Waals surface area contributed by atoms with Crippen LogP contribution in [0.25, 0.3) is 10.1 Å². The van der Waals surface area contributed by atoms with Crippen molar-refractivity contribution in [2.75, 3.05) is 0 Å². The van der Waals surface area contributed by atoms with Crippen LogP contribution in [0.4, 0.5) is 0 Å². The molecule has 18 heavy (non-hydrogen) atoms. The summed E-state index contributed by atoms with van der Waals surface area (Å²) in [7, 11) is 0. The first kappa shape index (κ1) is 11.9. The zero-order valence-corrected chi connectivity index (χ0v) is 11.4. The molecule has 0 saturated heterocycles. The van der Waals surface area contributed by atoms with Gasteiger partial charge in [0.25, 0.3) is 0 Å². The smallest absolute Gasteiger partial charge is 0.0522 e. The lowest BCUT2D eigenvalue weighted by molar-refractivity contribution is 0.560. The van der Waals surface area contributed by atoms with Gasteiger partial charge in [0.1, 0.15) is 0 Å². The Morgan fingerprint density at radius 3 is 2.78 bits per heavy atom. The van der Waals surface area contributed by atoms with Gasteiger partial charge in [-0.25, -0.2) is 0 Å². The van der Waals surface area contributed by atoms with E-state index in [0.29, 0.717) is 0 Å². The van der Waals surface area contributed by atoms with E-state index in [-0.39, 0.29) is 6.04 Å². The van der Waals surface area contributed by atoms with E-state index in [1.807, 2.05) is 0 Å². The molecule has 4 heteroatoms. The summed E-state index contributed by atoms with van der Waals surface area (Å²) in [6.45, 7) is 0. The van der Waals surface area contributed by atoms with Crippen molar-refractivity contribution in [2.45, 2.75) is 12.5 Å². The molecule has 3 aromatic rings. The highest BCUT2D eigenvalue weighted by molar-refractivity contribution is 7.17. The number of thiophene rings is 2. The Balaban J connectivity index is 1.96. The molecular weight excluding hydrogens is 260 g/mol. The highest BCUT2D eigenvalue weighted by Gasteiger charge is 2.15. The summed E-state index contributed by atoms with van der Waals surface area (Å²) in [5.74, 6) is 5.73. The van der Waals surface area contributed by atoms with Gasteiger partial charge in [-0.3, -0.25) is 11.3 Å². The summed E-state index contributed by atoms with van der Waals surface area (Å²) in [5.41, 5.74) is 4.25. The van der Waals surface area contributed by atoms with Gasteiger partial charge in [0.05, 0.1) is 6.04 Å². The Morgan fingerprint density at radius 2 is 2.00 bits per heavy atom. The van der Waals surface area contributed by atoms with Gasteiger partial charge in [-0.2, -0.15) is 0 Å². The van der Waals surface area contributed by atoms with Crippen molar-refractivity contribution in [3.8, 4) is 0 Å². The predicted molar refractivity (Wildman–Crippen MR) is 79.9 cm³/mol. The summed E-state index contributed by atoms with van der Waals surface area (Å²) < 4.78 is 1.32. The molecule has 2 nitrogen and oxygen atoms in total. The van der Waals surface area contributed by atoms with Crippen LogP contribution < -0.4 is 11.3 Å². The van der Waals surface area contributed by atoms with E-state index in [9.17, 15) is 0 Å². The van der Waals surface area contributed by atoms with E-state index < -0.39 is 0 Å². The maximum absolute atomic E-state index is 5.73. The van der Waals surface area contributed by atoms with Crippen molar-refractivity contribution in [3.05, 3.63) is 57.6 Å². The molecule has 1 unspecified atom stereocenters. The molecule has 0 aliphatic heterocycles. The predicted octanol–water partition coefficient (Wildman–Crippen LogP) is 3.71. The summed E-state index contributed by atoms with van der Waals surface area (Å²) in [6.07, 6.45) is 0.939. The molecule has 3 rings (SSSR count). The summed E-state index contributed by atoms with van der Waals surface area (Å²) in [5, 5.41) is 5.62. The minimum atomic E-state index is 0.180. The molecule has 0 spiro atoms. The average Bonchev–Trinajstić information content (AvgIpc) is 3.05. The van der Waals surface area contributed by atoms with Gasteiger partial charge in [-0.15, -0.1) is 22.7 Å². The Morgan fingerprint density at radius 1 is 1.11 bits per heavy atom.